The molecule has 0 radical (unpaired) electrons. The number of anilines is 1. The zero-order valence-electron chi connectivity index (χ0n) is 14.6. The van der Waals surface area contributed by atoms with Crippen LogP contribution in [0.4, 0.5) is 5.69 Å². The van der Waals surface area contributed by atoms with E-state index in [1.54, 1.807) is 43.3 Å². The molecule has 2 aromatic rings. The lowest BCUT2D eigenvalue weighted by Crippen LogP contribution is -2.30. The Morgan fingerprint density at radius 3 is 2.56 bits per heavy atom. The van der Waals surface area contributed by atoms with Gasteiger partial charge in [0, 0.05) is 16.7 Å². The minimum atomic E-state index is -0.761. The van der Waals surface area contributed by atoms with E-state index in [1.807, 2.05) is 6.92 Å². The molecule has 132 valence electrons. The van der Waals surface area contributed by atoms with Gasteiger partial charge in [-0.25, -0.2) is 0 Å². The summed E-state index contributed by atoms with van der Waals surface area (Å²) in [5, 5.41) is 3.33. The molecule has 0 aliphatic rings. The summed E-state index contributed by atoms with van der Waals surface area (Å²) in [7, 11) is 1.50. The first kappa shape index (κ1) is 18.8. The van der Waals surface area contributed by atoms with Crippen LogP contribution in [0, 0.1) is 6.92 Å². The molecule has 0 aliphatic carbocycles. The maximum atomic E-state index is 12.4. The van der Waals surface area contributed by atoms with Crippen molar-refractivity contribution in [1.82, 2.24) is 0 Å². The highest BCUT2D eigenvalue weighted by molar-refractivity contribution is 6.31. The Morgan fingerprint density at radius 2 is 1.92 bits per heavy atom. The first-order valence-electron chi connectivity index (χ1n) is 7.74. The van der Waals surface area contributed by atoms with E-state index in [9.17, 15) is 9.59 Å². The van der Waals surface area contributed by atoms with Crippen LogP contribution in [0.3, 0.4) is 0 Å². The fourth-order valence-electron chi connectivity index (χ4n) is 2.21. The molecule has 0 unspecified atom stereocenters. The molecule has 0 saturated carbocycles. The summed E-state index contributed by atoms with van der Waals surface area (Å²) in [6, 6.07) is 10.1. The predicted molar refractivity (Wildman–Crippen MR) is 97.9 cm³/mol. The molecule has 5 nitrogen and oxygen atoms in total. The lowest BCUT2D eigenvalue weighted by Gasteiger charge is -2.17. The second-order valence-electron chi connectivity index (χ2n) is 5.64. The molecule has 1 atom stereocenters. The number of benzene rings is 2. The van der Waals surface area contributed by atoms with Crippen LogP contribution in [-0.2, 0) is 4.79 Å². The quantitative estimate of drug-likeness (QED) is 0.780. The van der Waals surface area contributed by atoms with Crippen LogP contribution >= 0.6 is 11.6 Å². The minimum absolute atomic E-state index is 0.0658. The number of Topliss-reactive ketones (excluding diaryl/α,β-unsaturated/α-hetero) is 1. The van der Waals surface area contributed by atoms with Gasteiger partial charge in [0.25, 0.3) is 5.91 Å². The Kier molecular flexibility index (Phi) is 6.04. The molecule has 0 aliphatic heterocycles. The molecule has 0 heterocycles. The molecule has 1 N–H and O–H groups in total. The molecule has 0 bridgehead atoms. The second kappa shape index (κ2) is 8.03. The van der Waals surface area contributed by atoms with Crippen molar-refractivity contribution in [1.29, 1.82) is 0 Å². The van der Waals surface area contributed by atoms with E-state index in [4.69, 9.17) is 21.1 Å². The van der Waals surface area contributed by atoms with Crippen LogP contribution in [-0.4, -0.2) is 24.9 Å². The van der Waals surface area contributed by atoms with Crippen LogP contribution in [0.15, 0.2) is 36.4 Å². The predicted octanol–water partition coefficient (Wildman–Crippen LogP) is 4.27. The van der Waals surface area contributed by atoms with Gasteiger partial charge in [0.2, 0.25) is 0 Å². The number of carbonyl (C=O) groups excluding carboxylic acids is 2. The van der Waals surface area contributed by atoms with E-state index >= 15 is 0 Å². The molecule has 0 saturated heterocycles. The highest BCUT2D eigenvalue weighted by atomic mass is 35.5. The molecule has 0 fully saturated rings. The van der Waals surface area contributed by atoms with Gasteiger partial charge < -0.3 is 14.8 Å². The van der Waals surface area contributed by atoms with Gasteiger partial charge in [-0.05, 0) is 44.5 Å². The topological polar surface area (TPSA) is 64.6 Å². The van der Waals surface area contributed by atoms with Gasteiger partial charge in [0.1, 0.15) is 11.5 Å². The fraction of sp³-hybridized carbons (Fsp3) is 0.263. The Hall–Kier alpha value is -2.53. The summed E-state index contributed by atoms with van der Waals surface area (Å²) in [4.78, 5) is 23.8. The van der Waals surface area contributed by atoms with E-state index in [0.29, 0.717) is 27.8 Å². The number of carbonyl (C=O) groups is 2. The lowest BCUT2D eigenvalue weighted by molar-refractivity contribution is -0.122. The number of ketones is 1. The molecular formula is C19H20ClNO4. The number of hydrogen-bond acceptors (Lipinski definition) is 4. The molecule has 0 spiro atoms. The van der Waals surface area contributed by atoms with Crippen molar-refractivity contribution in [3.8, 4) is 11.5 Å². The summed E-state index contributed by atoms with van der Waals surface area (Å²) in [6.07, 6.45) is -0.761. The van der Waals surface area contributed by atoms with Gasteiger partial charge in [0.15, 0.2) is 11.9 Å². The third-order valence-electron chi connectivity index (χ3n) is 3.66. The molecule has 2 rings (SSSR count). The van der Waals surface area contributed by atoms with Crippen molar-refractivity contribution in [3.63, 3.8) is 0 Å². The number of nitrogens with one attached hydrogen (secondary N) is 1. The van der Waals surface area contributed by atoms with Gasteiger partial charge >= 0.3 is 0 Å². The van der Waals surface area contributed by atoms with E-state index in [-0.39, 0.29) is 11.7 Å². The van der Waals surface area contributed by atoms with Crippen LogP contribution in [0.25, 0.3) is 0 Å². The highest BCUT2D eigenvalue weighted by Gasteiger charge is 2.18. The summed E-state index contributed by atoms with van der Waals surface area (Å²) < 4.78 is 10.9. The maximum absolute atomic E-state index is 12.4. The van der Waals surface area contributed by atoms with Crippen LogP contribution in [0.1, 0.15) is 29.8 Å². The van der Waals surface area contributed by atoms with Crippen molar-refractivity contribution < 1.29 is 19.1 Å². The molecule has 6 heteroatoms. The highest BCUT2D eigenvalue weighted by Crippen LogP contribution is 2.31. The van der Waals surface area contributed by atoms with Crippen LogP contribution in [0.5, 0.6) is 11.5 Å². The number of ether oxygens (including phenoxy) is 2. The average Bonchev–Trinajstić information content (AvgIpc) is 2.58. The van der Waals surface area contributed by atoms with E-state index < -0.39 is 6.10 Å². The molecule has 25 heavy (non-hydrogen) atoms. The van der Waals surface area contributed by atoms with Gasteiger partial charge in [0.05, 0.1) is 12.8 Å². The lowest BCUT2D eigenvalue weighted by atomic mass is 10.1. The number of methoxy groups -OCH3 is 1. The number of amides is 1. The van der Waals surface area contributed by atoms with E-state index in [1.165, 1.54) is 14.0 Å². The largest absolute Gasteiger partial charge is 0.495 e. The SMILES string of the molecule is COc1cc(Cl)c(C)cc1NC(=O)[C@H](C)Oc1cccc(C(C)=O)c1. The first-order valence-corrected chi connectivity index (χ1v) is 8.12. The summed E-state index contributed by atoms with van der Waals surface area (Å²) >= 11 is 6.07. The molecule has 1 amide bonds. The maximum Gasteiger partial charge on any atom is 0.265 e. The van der Waals surface area contributed by atoms with Crippen molar-refractivity contribution in [2.45, 2.75) is 26.9 Å². The zero-order chi connectivity index (χ0) is 18.6. The second-order valence-corrected chi connectivity index (χ2v) is 6.04. The van der Waals surface area contributed by atoms with Gasteiger partial charge in [-0.2, -0.15) is 0 Å². The van der Waals surface area contributed by atoms with Crippen LogP contribution in [0.2, 0.25) is 5.02 Å². The fourth-order valence-corrected chi connectivity index (χ4v) is 2.36. The third-order valence-corrected chi connectivity index (χ3v) is 4.07. The van der Waals surface area contributed by atoms with Crippen molar-refractivity contribution >= 4 is 29.0 Å². The number of rotatable bonds is 6. The monoisotopic (exact) mass is 361 g/mol. The molecule has 0 aromatic heterocycles. The van der Waals surface area contributed by atoms with E-state index in [0.717, 1.165) is 5.56 Å². The number of aryl methyl sites for hydroxylation is 1. The smallest absolute Gasteiger partial charge is 0.265 e. The standard InChI is InChI=1S/C19H20ClNO4/c1-11-8-17(18(24-4)10-16(11)20)21-19(23)13(3)25-15-7-5-6-14(9-15)12(2)22/h5-10,13H,1-4H3,(H,21,23)/t13-/m0/s1. The van der Waals surface area contributed by atoms with Gasteiger partial charge in [-0.15, -0.1) is 0 Å². The van der Waals surface area contributed by atoms with Crippen LogP contribution < -0.4 is 14.8 Å². The Labute approximate surface area is 151 Å². The summed E-state index contributed by atoms with van der Waals surface area (Å²) in [6.45, 7) is 4.94. The Balaban J connectivity index is 2.12. The number of hydrogen-bond donors (Lipinski definition) is 1. The third kappa shape index (κ3) is 4.73. The van der Waals surface area contributed by atoms with Crippen molar-refractivity contribution in [2.24, 2.45) is 0 Å². The Bertz CT molecular complexity index is 804. The van der Waals surface area contributed by atoms with Gasteiger partial charge in [-0.1, -0.05) is 23.7 Å². The van der Waals surface area contributed by atoms with Gasteiger partial charge in [-0.3, -0.25) is 9.59 Å². The summed E-state index contributed by atoms with van der Waals surface area (Å²) in [5.41, 5.74) is 1.86. The molecular weight excluding hydrogens is 342 g/mol. The summed E-state index contributed by atoms with van der Waals surface area (Å²) in [5.74, 6) is 0.515. The van der Waals surface area contributed by atoms with Crippen molar-refractivity contribution in [3.05, 3.63) is 52.5 Å². The minimum Gasteiger partial charge on any atom is -0.495 e. The van der Waals surface area contributed by atoms with Crippen molar-refractivity contribution in [2.75, 3.05) is 12.4 Å². The zero-order valence-corrected chi connectivity index (χ0v) is 15.3. The number of halogens is 1. The van der Waals surface area contributed by atoms with E-state index in [2.05, 4.69) is 5.32 Å². The first-order chi connectivity index (χ1) is 11.8. The average molecular weight is 362 g/mol. The Morgan fingerprint density at radius 1 is 1.20 bits per heavy atom. The molecule has 2 aromatic carbocycles. The normalized spacial score (nSPS) is 11.6.